The molecule has 1 aromatic carbocycles. The summed E-state index contributed by atoms with van der Waals surface area (Å²) in [7, 11) is 0. The van der Waals surface area contributed by atoms with Crippen LogP contribution >= 0.6 is 11.8 Å². The summed E-state index contributed by atoms with van der Waals surface area (Å²) < 4.78 is 1.73. The number of aryl methyl sites for hydroxylation is 2. The average molecular weight is 263 g/mol. The summed E-state index contributed by atoms with van der Waals surface area (Å²) in [6.07, 6.45) is 1.09. The third-order valence-corrected chi connectivity index (χ3v) is 4.03. The second-order valence-electron chi connectivity index (χ2n) is 4.07. The quantitative estimate of drug-likeness (QED) is 0.842. The van der Waals surface area contributed by atoms with Crippen LogP contribution in [0.3, 0.4) is 0 Å². The van der Waals surface area contributed by atoms with Gasteiger partial charge in [0.25, 0.3) is 0 Å². The van der Waals surface area contributed by atoms with Crippen LogP contribution in [0.4, 0.5) is 0 Å². The molecule has 0 amide bonds. The van der Waals surface area contributed by atoms with E-state index in [0.717, 1.165) is 12.2 Å². The first-order valence-corrected chi connectivity index (χ1v) is 6.95. The molecule has 5 heteroatoms. The van der Waals surface area contributed by atoms with Gasteiger partial charge in [0.1, 0.15) is 6.10 Å². The Kier molecular flexibility index (Phi) is 4.38. The van der Waals surface area contributed by atoms with Crippen molar-refractivity contribution in [2.45, 2.75) is 31.4 Å². The van der Waals surface area contributed by atoms with E-state index in [2.05, 4.69) is 29.4 Å². The van der Waals surface area contributed by atoms with Crippen LogP contribution in [0, 0.1) is 6.92 Å². The van der Waals surface area contributed by atoms with Crippen molar-refractivity contribution in [3.05, 3.63) is 41.7 Å². The molecule has 0 bridgehead atoms. The Morgan fingerprint density at radius 2 is 2.17 bits per heavy atom. The normalized spacial score (nSPS) is 12.6. The van der Waals surface area contributed by atoms with Gasteiger partial charge in [-0.3, -0.25) is 0 Å². The number of aliphatic hydroxyl groups excluding tert-OH is 1. The number of thioether (sulfide) groups is 1. The molecule has 2 rings (SSSR count). The lowest BCUT2D eigenvalue weighted by atomic mass is 10.2. The fourth-order valence-electron chi connectivity index (χ4n) is 1.74. The number of hydrogen-bond acceptors (Lipinski definition) is 4. The summed E-state index contributed by atoms with van der Waals surface area (Å²) in [5.74, 6) is 0.609. The smallest absolute Gasteiger partial charge is 0.107 e. The average Bonchev–Trinajstić information content (AvgIpc) is 2.86. The SMILES string of the molecule is CCn1nncc1C(O)CSc1ccccc1C. The Morgan fingerprint density at radius 3 is 2.89 bits per heavy atom. The van der Waals surface area contributed by atoms with Crippen LogP contribution in [-0.2, 0) is 6.54 Å². The lowest BCUT2D eigenvalue weighted by molar-refractivity contribution is 0.192. The van der Waals surface area contributed by atoms with Gasteiger partial charge >= 0.3 is 0 Å². The highest BCUT2D eigenvalue weighted by molar-refractivity contribution is 7.99. The predicted octanol–water partition coefficient (Wildman–Crippen LogP) is 2.43. The van der Waals surface area contributed by atoms with Gasteiger partial charge in [-0.1, -0.05) is 23.4 Å². The molecule has 1 N–H and O–H groups in total. The Hall–Kier alpha value is -1.33. The Labute approximate surface area is 111 Å². The Balaban J connectivity index is 2.01. The second-order valence-corrected chi connectivity index (χ2v) is 5.13. The van der Waals surface area contributed by atoms with Crippen molar-refractivity contribution >= 4 is 11.8 Å². The van der Waals surface area contributed by atoms with Gasteiger partial charge in [0.2, 0.25) is 0 Å². The van der Waals surface area contributed by atoms with Crippen LogP contribution in [0.1, 0.15) is 24.3 Å². The van der Waals surface area contributed by atoms with E-state index in [1.165, 1.54) is 10.5 Å². The molecule has 0 aliphatic heterocycles. The highest BCUT2D eigenvalue weighted by atomic mass is 32.2. The molecular weight excluding hydrogens is 246 g/mol. The zero-order chi connectivity index (χ0) is 13.0. The number of aliphatic hydroxyl groups is 1. The summed E-state index contributed by atoms with van der Waals surface area (Å²) >= 11 is 1.65. The van der Waals surface area contributed by atoms with Gasteiger partial charge in [-0.15, -0.1) is 16.9 Å². The van der Waals surface area contributed by atoms with Crippen molar-refractivity contribution in [3.8, 4) is 0 Å². The van der Waals surface area contributed by atoms with Crippen molar-refractivity contribution < 1.29 is 5.11 Å². The molecule has 2 aromatic rings. The number of benzene rings is 1. The maximum absolute atomic E-state index is 10.2. The van der Waals surface area contributed by atoms with Crippen molar-refractivity contribution in [1.29, 1.82) is 0 Å². The van der Waals surface area contributed by atoms with Crippen molar-refractivity contribution in [3.63, 3.8) is 0 Å². The first-order chi connectivity index (χ1) is 8.72. The second kappa shape index (κ2) is 6.02. The Bertz CT molecular complexity index is 512. The number of hydrogen-bond donors (Lipinski definition) is 1. The van der Waals surface area contributed by atoms with Crippen LogP contribution in [-0.4, -0.2) is 25.9 Å². The Morgan fingerprint density at radius 1 is 1.39 bits per heavy atom. The first kappa shape index (κ1) is 13.1. The van der Waals surface area contributed by atoms with E-state index in [0.29, 0.717) is 5.75 Å². The lowest BCUT2D eigenvalue weighted by Crippen LogP contribution is -2.09. The van der Waals surface area contributed by atoms with Crippen molar-refractivity contribution in [1.82, 2.24) is 15.0 Å². The van der Waals surface area contributed by atoms with Gasteiger partial charge < -0.3 is 5.11 Å². The number of aromatic nitrogens is 3. The van der Waals surface area contributed by atoms with Gasteiger partial charge in [0.15, 0.2) is 0 Å². The first-order valence-electron chi connectivity index (χ1n) is 5.97. The summed E-state index contributed by atoms with van der Waals surface area (Å²) in [5, 5.41) is 17.9. The van der Waals surface area contributed by atoms with E-state index >= 15 is 0 Å². The van der Waals surface area contributed by atoms with E-state index in [1.807, 2.05) is 19.1 Å². The molecule has 0 radical (unpaired) electrons. The number of rotatable bonds is 5. The topological polar surface area (TPSA) is 50.9 Å². The molecular formula is C13H17N3OS. The van der Waals surface area contributed by atoms with E-state index in [1.54, 1.807) is 22.6 Å². The summed E-state index contributed by atoms with van der Waals surface area (Å²) in [5.41, 5.74) is 2.01. The fourth-order valence-corrected chi connectivity index (χ4v) is 2.72. The minimum Gasteiger partial charge on any atom is -0.386 e. The van der Waals surface area contributed by atoms with Crippen LogP contribution in [0.15, 0.2) is 35.4 Å². The fraction of sp³-hybridized carbons (Fsp3) is 0.385. The van der Waals surface area contributed by atoms with E-state index in [-0.39, 0.29) is 0 Å². The monoisotopic (exact) mass is 263 g/mol. The molecule has 0 aliphatic carbocycles. The lowest BCUT2D eigenvalue weighted by Gasteiger charge is -2.12. The predicted molar refractivity (Wildman–Crippen MR) is 72.6 cm³/mol. The molecule has 96 valence electrons. The third kappa shape index (κ3) is 2.91. The molecule has 1 aromatic heterocycles. The minimum absolute atomic E-state index is 0.537. The highest BCUT2D eigenvalue weighted by Crippen LogP contribution is 2.26. The zero-order valence-electron chi connectivity index (χ0n) is 10.6. The van der Waals surface area contributed by atoms with Gasteiger partial charge in [0.05, 0.1) is 11.9 Å². The largest absolute Gasteiger partial charge is 0.386 e. The highest BCUT2D eigenvalue weighted by Gasteiger charge is 2.14. The van der Waals surface area contributed by atoms with E-state index < -0.39 is 6.10 Å². The van der Waals surface area contributed by atoms with Crippen LogP contribution < -0.4 is 0 Å². The standard InChI is InChI=1S/C13H17N3OS/c1-3-16-11(8-14-15-16)12(17)9-18-13-7-5-4-6-10(13)2/h4-8,12,17H,3,9H2,1-2H3. The molecule has 0 spiro atoms. The van der Waals surface area contributed by atoms with Gasteiger partial charge in [0, 0.05) is 17.2 Å². The van der Waals surface area contributed by atoms with Crippen LogP contribution in [0.5, 0.6) is 0 Å². The molecule has 0 aliphatic rings. The van der Waals surface area contributed by atoms with Crippen LogP contribution in [0.25, 0.3) is 0 Å². The molecule has 0 saturated carbocycles. The molecule has 0 saturated heterocycles. The molecule has 18 heavy (non-hydrogen) atoms. The summed E-state index contributed by atoms with van der Waals surface area (Å²) in [4.78, 5) is 1.20. The van der Waals surface area contributed by atoms with Crippen LogP contribution in [0.2, 0.25) is 0 Å². The zero-order valence-corrected chi connectivity index (χ0v) is 11.4. The molecule has 1 atom stereocenters. The van der Waals surface area contributed by atoms with Gasteiger partial charge in [-0.2, -0.15) is 0 Å². The molecule has 1 heterocycles. The number of nitrogens with zero attached hydrogens (tertiary/aromatic N) is 3. The molecule has 4 nitrogen and oxygen atoms in total. The maximum Gasteiger partial charge on any atom is 0.107 e. The maximum atomic E-state index is 10.2. The van der Waals surface area contributed by atoms with Crippen molar-refractivity contribution in [2.24, 2.45) is 0 Å². The van der Waals surface area contributed by atoms with Gasteiger partial charge in [-0.25, -0.2) is 4.68 Å². The van der Waals surface area contributed by atoms with E-state index in [4.69, 9.17) is 0 Å². The molecule has 1 unspecified atom stereocenters. The molecule has 0 fully saturated rings. The van der Waals surface area contributed by atoms with Crippen molar-refractivity contribution in [2.75, 3.05) is 5.75 Å². The van der Waals surface area contributed by atoms with Gasteiger partial charge in [-0.05, 0) is 25.5 Å². The van der Waals surface area contributed by atoms with E-state index in [9.17, 15) is 5.11 Å². The third-order valence-electron chi connectivity index (χ3n) is 2.78. The summed E-state index contributed by atoms with van der Waals surface area (Å²) in [6.45, 7) is 4.79. The minimum atomic E-state index is -0.537. The summed E-state index contributed by atoms with van der Waals surface area (Å²) in [6, 6.07) is 8.18.